The van der Waals surface area contributed by atoms with Gasteiger partial charge in [-0.15, -0.1) is 0 Å². The van der Waals surface area contributed by atoms with Crippen molar-refractivity contribution in [2.24, 2.45) is 0 Å². The Bertz CT molecular complexity index is 1440. The van der Waals surface area contributed by atoms with Gasteiger partial charge in [0.1, 0.15) is 24.2 Å². The normalized spacial score (nSPS) is 19.5. The average molecular weight is 526 g/mol. The fourth-order valence-corrected chi connectivity index (χ4v) is 5.13. The summed E-state index contributed by atoms with van der Waals surface area (Å²) in [5.74, 6) is 0.133. The van der Waals surface area contributed by atoms with E-state index in [9.17, 15) is 14.7 Å². The van der Waals surface area contributed by atoms with Crippen LogP contribution in [0.25, 0.3) is 5.76 Å². The van der Waals surface area contributed by atoms with Crippen LogP contribution < -0.4 is 14.2 Å². The molecule has 1 amide bonds. The van der Waals surface area contributed by atoms with Gasteiger partial charge in [-0.1, -0.05) is 49.1 Å². The highest BCUT2D eigenvalue weighted by molar-refractivity contribution is 6.46. The third-order valence-electron chi connectivity index (χ3n) is 6.85. The van der Waals surface area contributed by atoms with Crippen LogP contribution in [0, 0.1) is 0 Å². The van der Waals surface area contributed by atoms with E-state index in [0.29, 0.717) is 42.3 Å². The molecule has 0 aromatic heterocycles. The van der Waals surface area contributed by atoms with Gasteiger partial charge in [0.15, 0.2) is 11.5 Å². The van der Waals surface area contributed by atoms with Crippen LogP contribution >= 0.6 is 0 Å². The molecule has 0 radical (unpaired) electrons. The number of carbonyl (C=O) groups is 2. The van der Waals surface area contributed by atoms with Gasteiger partial charge in [0.25, 0.3) is 11.7 Å². The first-order valence-electron chi connectivity index (χ1n) is 13.0. The van der Waals surface area contributed by atoms with Crippen molar-refractivity contribution in [3.05, 3.63) is 107 Å². The van der Waals surface area contributed by atoms with Crippen molar-refractivity contribution in [1.82, 2.24) is 4.90 Å². The Morgan fingerprint density at radius 3 is 2.62 bits per heavy atom. The van der Waals surface area contributed by atoms with E-state index in [1.54, 1.807) is 36.4 Å². The molecule has 5 rings (SSSR count). The molecule has 0 aliphatic carbocycles. The number of Topliss-reactive ketones (excluding diaryl/α,β-unsaturated/α-hetero) is 1. The lowest BCUT2D eigenvalue weighted by Gasteiger charge is -2.26. The monoisotopic (exact) mass is 525 g/mol. The highest BCUT2D eigenvalue weighted by atomic mass is 16.5. The number of benzene rings is 3. The van der Waals surface area contributed by atoms with Gasteiger partial charge in [0.2, 0.25) is 0 Å². The predicted molar refractivity (Wildman–Crippen MR) is 148 cm³/mol. The number of likely N-dealkylation sites (tertiary alicyclic amines) is 1. The fourth-order valence-electron chi connectivity index (χ4n) is 5.13. The minimum absolute atomic E-state index is 0.0325. The number of hydrogen-bond donors (Lipinski definition) is 1. The van der Waals surface area contributed by atoms with Gasteiger partial charge >= 0.3 is 0 Å². The topological polar surface area (TPSA) is 85.3 Å². The van der Waals surface area contributed by atoms with E-state index in [1.807, 2.05) is 50.2 Å². The largest absolute Gasteiger partial charge is 0.507 e. The van der Waals surface area contributed by atoms with E-state index in [1.165, 1.54) is 4.90 Å². The lowest BCUT2D eigenvalue weighted by molar-refractivity contribution is -0.140. The molecule has 2 heterocycles. The molecule has 1 N–H and O–H groups in total. The maximum atomic E-state index is 13.5. The molecule has 1 fully saturated rings. The van der Waals surface area contributed by atoms with Crippen molar-refractivity contribution < 1.29 is 28.9 Å². The highest BCUT2D eigenvalue weighted by Gasteiger charge is 2.46. The Kier molecular flexibility index (Phi) is 7.41. The number of fused-ring (bicyclic) bond motifs is 1. The summed E-state index contributed by atoms with van der Waals surface area (Å²) in [5.41, 5.74) is 2.93. The molecule has 0 saturated carbocycles. The summed E-state index contributed by atoms with van der Waals surface area (Å²) in [7, 11) is 0. The molecular formula is C32H31NO6. The van der Waals surface area contributed by atoms with E-state index in [2.05, 4.69) is 6.58 Å². The van der Waals surface area contributed by atoms with Crippen molar-refractivity contribution >= 4 is 17.4 Å². The lowest BCUT2D eigenvalue weighted by atomic mass is 9.94. The first kappa shape index (κ1) is 26.1. The SMILES string of the molecule is C=CCOc1ccc([C@@H]2C(=C(O)c3ccc4c(c3)C[C@H](C)O4)C(=O)C(=O)N2Cc2ccccc2)cc1OCC. The van der Waals surface area contributed by atoms with E-state index >= 15 is 0 Å². The average Bonchev–Trinajstić information content (AvgIpc) is 3.43. The van der Waals surface area contributed by atoms with Crippen LogP contribution in [0.4, 0.5) is 0 Å². The number of aliphatic hydroxyl groups is 1. The summed E-state index contributed by atoms with van der Waals surface area (Å²) in [6.45, 7) is 8.43. The summed E-state index contributed by atoms with van der Waals surface area (Å²) in [4.78, 5) is 28.4. The number of rotatable bonds is 9. The second kappa shape index (κ2) is 11.1. The zero-order valence-electron chi connectivity index (χ0n) is 22.1. The van der Waals surface area contributed by atoms with E-state index in [0.717, 1.165) is 16.9 Å². The molecule has 2 atom stereocenters. The number of ketones is 1. The Morgan fingerprint density at radius 1 is 1.08 bits per heavy atom. The van der Waals surface area contributed by atoms with Gasteiger partial charge in [0, 0.05) is 18.5 Å². The summed E-state index contributed by atoms with van der Waals surface area (Å²) in [6.07, 6.45) is 2.38. The van der Waals surface area contributed by atoms with Crippen LogP contribution in [0.5, 0.6) is 17.2 Å². The molecule has 0 spiro atoms. The van der Waals surface area contributed by atoms with Crippen molar-refractivity contribution in [2.45, 2.75) is 39.0 Å². The number of hydrogen-bond acceptors (Lipinski definition) is 6. The highest BCUT2D eigenvalue weighted by Crippen LogP contribution is 2.43. The third kappa shape index (κ3) is 5.12. The zero-order chi connectivity index (χ0) is 27.5. The Hall–Kier alpha value is -4.52. The first-order valence-corrected chi connectivity index (χ1v) is 13.0. The summed E-state index contributed by atoms with van der Waals surface area (Å²) >= 11 is 0. The molecule has 0 unspecified atom stereocenters. The quantitative estimate of drug-likeness (QED) is 0.170. The number of aliphatic hydroxyl groups excluding tert-OH is 1. The molecule has 0 bridgehead atoms. The summed E-state index contributed by atoms with van der Waals surface area (Å²) in [6, 6.07) is 19.3. The maximum Gasteiger partial charge on any atom is 0.295 e. The minimum atomic E-state index is -0.832. The molecule has 7 nitrogen and oxygen atoms in total. The Morgan fingerprint density at radius 2 is 1.87 bits per heavy atom. The van der Waals surface area contributed by atoms with Gasteiger partial charge in [0.05, 0.1) is 18.2 Å². The van der Waals surface area contributed by atoms with Crippen LogP contribution in [0.2, 0.25) is 0 Å². The number of amides is 1. The molecule has 3 aromatic carbocycles. The predicted octanol–water partition coefficient (Wildman–Crippen LogP) is 5.60. The van der Waals surface area contributed by atoms with E-state index in [-0.39, 0.29) is 24.0 Å². The van der Waals surface area contributed by atoms with Crippen LogP contribution in [0.15, 0.2) is 85.0 Å². The molecule has 39 heavy (non-hydrogen) atoms. The summed E-state index contributed by atoms with van der Waals surface area (Å²) in [5, 5.41) is 11.5. The second-order valence-electron chi connectivity index (χ2n) is 9.61. The molecule has 1 saturated heterocycles. The number of carbonyl (C=O) groups excluding carboxylic acids is 2. The standard InChI is InChI=1S/C32H31NO6/c1-4-15-38-26-14-11-22(18-27(26)37-5-2)29-28(30(34)23-12-13-25-24(17-23)16-20(3)39-25)31(35)32(36)33(29)19-21-9-7-6-8-10-21/h4,6-14,17-18,20,29,34H,1,5,15-16,19H2,2-3H3/t20-,29+/m0/s1. The molecule has 200 valence electrons. The molecule has 7 heteroatoms. The van der Waals surface area contributed by atoms with Crippen molar-refractivity contribution in [3.63, 3.8) is 0 Å². The van der Waals surface area contributed by atoms with Gasteiger partial charge in [-0.2, -0.15) is 0 Å². The second-order valence-corrected chi connectivity index (χ2v) is 9.61. The lowest BCUT2D eigenvalue weighted by Crippen LogP contribution is -2.29. The third-order valence-corrected chi connectivity index (χ3v) is 6.85. The number of nitrogens with zero attached hydrogens (tertiary/aromatic N) is 1. The van der Waals surface area contributed by atoms with Crippen LogP contribution in [0.1, 0.15) is 42.1 Å². The van der Waals surface area contributed by atoms with Crippen LogP contribution in [-0.2, 0) is 22.6 Å². The maximum absolute atomic E-state index is 13.5. The Labute approximate surface area is 227 Å². The first-order chi connectivity index (χ1) is 18.9. The molecule has 2 aliphatic heterocycles. The van der Waals surface area contributed by atoms with Crippen LogP contribution in [0.3, 0.4) is 0 Å². The number of ether oxygens (including phenoxy) is 3. The van der Waals surface area contributed by atoms with Crippen molar-refractivity contribution in [1.29, 1.82) is 0 Å². The fraction of sp³-hybridized carbons (Fsp3) is 0.250. The van der Waals surface area contributed by atoms with Crippen LogP contribution in [-0.4, -0.2) is 41.0 Å². The van der Waals surface area contributed by atoms with E-state index in [4.69, 9.17) is 14.2 Å². The molecule has 3 aromatic rings. The summed E-state index contributed by atoms with van der Waals surface area (Å²) < 4.78 is 17.4. The molecule has 2 aliphatic rings. The Balaban J connectivity index is 1.64. The zero-order valence-corrected chi connectivity index (χ0v) is 22.1. The van der Waals surface area contributed by atoms with Gasteiger partial charge in [-0.25, -0.2) is 0 Å². The molecular weight excluding hydrogens is 494 g/mol. The van der Waals surface area contributed by atoms with Crippen molar-refractivity contribution in [3.8, 4) is 17.2 Å². The van der Waals surface area contributed by atoms with Gasteiger partial charge < -0.3 is 24.2 Å². The smallest absolute Gasteiger partial charge is 0.295 e. The minimum Gasteiger partial charge on any atom is -0.507 e. The van der Waals surface area contributed by atoms with Gasteiger partial charge in [-0.3, -0.25) is 9.59 Å². The van der Waals surface area contributed by atoms with Gasteiger partial charge in [-0.05, 0) is 60.9 Å². The van der Waals surface area contributed by atoms with Crippen molar-refractivity contribution in [2.75, 3.05) is 13.2 Å². The van der Waals surface area contributed by atoms with E-state index < -0.39 is 17.7 Å².